The van der Waals surface area contributed by atoms with Gasteiger partial charge in [-0.1, -0.05) is 39.0 Å². The Balaban J connectivity index is 2.45. The third-order valence-corrected chi connectivity index (χ3v) is 5.20. The van der Waals surface area contributed by atoms with Gasteiger partial charge in [-0.05, 0) is 89.6 Å². The van der Waals surface area contributed by atoms with Gasteiger partial charge in [0, 0.05) is 0 Å². The first-order chi connectivity index (χ1) is 9.73. The van der Waals surface area contributed by atoms with Crippen molar-refractivity contribution in [3.05, 3.63) is 57.1 Å². The van der Waals surface area contributed by atoms with Gasteiger partial charge in [-0.3, -0.25) is 0 Å². The van der Waals surface area contributed by atoms with Crippen LogP contribution in [0.1, 0.15) is 59.7 Å². The number of fused-ring (bicyclic) bond motifs is 3. The molecule has 110 valence electrons. The molecule has 0 nitrogen and oxygen atoms in total. The van der Waals surface area contributed by atoms with Crippen molar-refractivity contribution in [3.63, 3.8) is 0 Å². The largest absolute Gasteiger partial charge is 0.0617 e. The Kier molecular flexibility index (Phi) is 3.06. The lowest BCUT2D eigenvalue weighted by atomic mass is 9.76. The maximum atomic E-state index is 2.35. The van der Waals surface area contributed by atoms with E-state index in [1.165, 1.54) is 38.9 Å². The van der Waals surface area contributed by atoms with E-state index in [2.05, 4.69) is 66.7 Å². The highest BCUT2D eigenvalue weighted by molar-refractivity contribution is 5.84. The summed E-state index contributed by atoms with van der Waals surface area (Å²) in [5.74, 6) is 0. The summed E-state index contributed by atoms with van der Waals surface area (Å²) in [6, 6.07) is 6.75. The molecule has 0 atom stereocenters. The van der Waals surface area contributed by atoms with Gasteiger partial charge in [0.15, 0.2) is 0 Å². The predicted octanol–water partition coefficient (Wildman–Crippen LogP) is 5.79. The average Bonchev–Trinajstić information content (AvgIpc) is 2.74. The Morgan fingerprint density at radius 3 is 2.10 bits per heavy atom. The molecule has 2 aromatic carbocycles. The van der Waals surface area contributed by atoms with Crippen LogP contribution in [-0.2, 0) is 11.8 Å². The number of rotatable bonds is 0. The summed E-state index contributed by atoms with van der Waals surface area (Å²) in [7, 11) is 0. The van der Waals surface area contributed by atoms with Crippen LogP contribution in [0.15, 0.2) is 18.2 Å². The van der Waals surface area contributed by atoms with Crippen LogP contribution in [-0.4, -0.2) is 0 Å². The fourth-order valence-electron chi connectivity index (χ4n) is 4.19. The second-order valence-corrected chi connectivity index (χ2v) is 7.64. The first-order valence-electron chi connectivity index (χ1n) is 7.95. The summed E-state index contributed by atoms with van der Waals surface area (Å²) in [6.07, 6.45) is 1.10. The Labute approximate surface area is 129 Å². The van der Waals surface area contributed by atoms with Crippen molar-refractivity contribution in [2.75, 3.05) is 0 Å². The van der Waals surface area contributed by atoms with Crippen LogP contribution in [0.25, 0.3) is 11.1 Å². The molecule has 0 radical (unpaired) electrons. The van der Waals surface area contributed by atoms with E-state index < -0.39 is 0 Å². The molecule has 0 spiro atoms. The molecule has 1 aliphatic carbocycles. The molecule has 0 saturated carbocycles. The molecular formula is C21H26. The molecule has 1 aliphatic rings. The fourth-order valence-corrected chi connectivity index (χ4v) is 4.19. The highest BCUT2D eigenvalue weighted by Gasteiger charge is 2.31. The first kappa shape index (κ1) is 14.4. The highest BCUT2D eigenvalue weighted by Crippen LogP contribution is 2.47. The summed E-state index contributed by atoms with van der Waals surface area (Å²) in [5.41, 5.74) is 13.7. The van der Waals surface area contributed by atoms with Crippen LogP contribution in [0.4, 0.5) is 0 Å². The SMILES string of the molecule is Cc1cccc2c1-c1c(C)c(C)c(C)c(C(C)(C)C)c1C2. The first-order valence-corrected chi connectivity index (χ1v) is 7.95. The Bertz CT molecular complexity index is 740. The lowest BCUT2D eigenvalue weighted by Crippen LogP contribution is -2.17. The van der Waals surface area contributed by atoms with Gasteiger partial charge in [-0.25, -0.2) is 0 Å². The summed E-state index contributed by atoms with van der Waals surface area (Å²) in [5, 5.41) is 0. The van der Waals surface area contributed by atoms with Gasteiger partial charge in [-0.2, -0.15) is 0 Å². The molecule has 0 aliphatic heterocycles. The van der Waals surface area contributed by atoms with Crippen molar-refractivity contribution < 1.29 is 0 Å². The van der Waals surface area contributed by atoms with Gasteiger partial charge in [-0.15, -0.1) is 0 Å². The minimum absolute atomic E-state index is 0.197. The fraction of sp³-hybridized carbons (Fsp3) is 0.429. The normalized spacial score (nSPS) is 13.3. The topological polar surface area (TPSA) is 0 Å². The van der Waals surface area contributed by atoms with Gasteiger partial charge < -0.3 is 0 Å². The molecule has 21 heavy (non-hydrogen) atoms. The molecule has 0 bridgehead atoms. The molecule has 0 saturated heterocycles. The van der Waals surface area contributed by atoms with Gasteiger partial charge in [0.25, 0.3) is 0 Å². The molecule has 0 heterocycles. The second-order valence-electron chi connectivity index (χ2n) is 7.64. The van der Waals surface area contributed by atoms with E-state index in [1.54, 1.807) is 11.1 Å². The van der Waals surface area contributed by atoms with Crippen molar-refractivity contribution in [2.45, 2.75) is 60.3 Å². The third-order valence-electron chi connectivity index (χ3n) is 5.20. The van der Waals surface area contributed by atoms with Crippen LogP contribution in [0.5, 0.6) is 0 Å². The van der Waals surface area contributed by atoms with Crippen LogP contribution in [0.2, 0.25) is 0 Å². The van der Waals surface area contributed by atoms with Gasteiger partial charge in [0.05, 0.1) is 0 Å². The molecule has 3 rings (SSSR count). The van der Waals surface area contributed by atoms with Gasteiger partial charge in [0.2, 0.25) is 0 Å². The van der Waals surface area contributed by atoms with Crippen LogP contribution in [0.3, 0.4) is 0 Å². The molecular weight excluding hydrogens is 252 g/mol. The molecule has 0 unspecified atom stereocenters. The zero-order valence-corrected chi connectivity index (χ0v) is 14.4. The smallest absolute Gasteiger partial charge is 0.00102 e. The zero-order chi connectivity index (χ0) is 15.5. The molecule has 0 N–H and O–H groups in total. The van der Waals surface area contributed by atoms with E-state index in [1.807, 2.05) is 0 Å². The minimum atomic E-state index is 0.197. The van der Waals surface area contributed by atoms with Crippen molar-refractivity contribution >= 4 is 0 Å². The Morgan fingerprint density at radius 2 is 1.48 bits per heavy atom. The molecule has 0 fully saturated rings. The van der Waals surface area contributed by atoms with Crippen LogP contribution in [0, 0.1) is 27.7 Å². The van der Waals surface area contributed by atoms with Gasteiger partial charge in [0.1, 0.15) is 0 Å². The second kappa shape index (κ2) is 4.47. The summed E-state index contributed by atoms with van der Waals surface area (Å²) in [6.45, 7) is 16.2. The lowest BCUT2D eigenvalue weighted by Gasteiger charge is -2.28. The molecule has 0 heteroatoms. The Morgan fingerprint density at radius 1 is 0.810 bits per heavy atom. The van der Waals surface area contributed by atoms with E-state index >= 15 is 0 Å². The number of aryl methyl sites for hydroxylation is 1. The maximum absolute atomic E-state index is 2.35. The zero-order valence-electron chi connectivity index (χ0n) is 14.4. The van der Waals surface area contributed by atoms with E-state index in [4.69, 9.17) is 0 Å². The quantitative estimate of drug-likeness (QED) is 0.488. The van der Waals surface area contributed by atoms with E-state index in [0.717, 1.165) is 6.42 Å². The van der Waals surface area contributed by atoms with E-state index in [9.17, 15) is 0 Å². The van der Waals surface area contributed by atoms with Crippen LogP contribution >= 0.6 is 0 Å². The lowest BCUT2D eigenvalue weighted by molar-refractivity contribution is 0.580. The predicted molar refractivity (Wildman–Crippen MR) is 92.3 cm³/mol. The molecule has 0 amide bonds. The average molecular weight is 278 g/mol. The standard InChI is InChI=1S/C21H26/c1-12-9-8-10-16-11-17-19(18(12)16)14(3)13(2)15(4)20(17)21(5,6)7/h8-10H,11H2,1-7H3. The van der Waals surface area contributed by atoms with Gasteiger partial charge >= 0.3 is 0 Å². The van der Waals surface area contributed by atoms with Crippen LogP contribution < -0.4 is 0 Å². The number of hydrogen-bond acceptors (Lipinski definition) is 0. The van der Waals surface area contributed by atoms with E-state index in [-0.39, 0.29) is 5.41 Å². The van der Waals surface area contributed by atoms with Crippen molar-refractivity contribution in [1.29, 1.82) is 0 Å². The summed E-state index contributed by atoms with van der Waals surface area (Å²) >= 11 is 0. The van der Waals surface area contributed by atoms with E-state index in [0.29, 0.717) is 0 Å². The summed E-state index contributed by atoms with van der Waals surface area (Å²) < 4.78 is 0. The minimum Gasteiger partial charge on any atom is -0.0617 e. The molecule has 0 aromatic heterocycles. The summed E-state index contributed by atoms with van der Waals surface area (Å²) in [4.78, 5) is 0. The highest BCUT2D eigenvalue weighted by atomic mass is 14.3. The third kappa shape index (κ3) is 1.96. The van der Waals surface area contributed by atoms with Crippen molar-refractivity contribution in [1.82, 2.24) is 0 Å². The Hall–Kier alpha value is -1.56. The number of hydrogen-bond donors (Lipinski definition) is 0. The maximum Gasteiger partial charge on any atom is -0.00102 e. The monoisotopic (exact) mass is 278 g/mol. The molecule has 2 aromatic rings. The van der Waals surface area contributed by atoms with Crippen molar-refractivity contribution in [2.24, 2.45) is 0 Å². The number of benzene rings is 2. The van der Waals surface area contributed by atoms with Crippen molar-refractivity contribution in [3.8, 4) is 11.1 Å².